The maximum absolute atomic E-state index is 4.64. The molecule has 2 heterocycles. The molecule has 20 heavy (non-hydrogen) atoms. The average molecular weight is 270 g/mol. The number of rotatable bonds is 3. The van der Waals surface area contributed by atoms with Gasteiger partial charge in [-0.05, 0) is 38.0 Å². The van der Waals surface area contributed by atoms with Gasteiger partial charge in [0.05, 0.1) is 22.4 Å². The van der Waals surface area contributed by atoms with Crippen LogP contribution in [0.1, 0.15) is 17.0 Å². The highest BCUT2D eigenvalue weighted by Gasteiger charge is 2.09. The van der Waals surface area contributed by atoms with E-state index in [9.17, 15) is 0 Å². The van der Waals surface area contributed by atoms with Gasteiger partial charge in [-0.25, -0.2) is 9.97 Å². The molecule has 0 radical (unpaired) electrons. The van der Waals surface area contributed by atoms with Crippen LogP contribution in [0.25, 0.3) is 11.0 Å². The van der Waals surface area contributed by atoms with Crippen LogP contribution in [-0.2, 0) is 6.42 Å². The van der Waals surface area contributed by atoms with Crippen LogP contribution < -0.4 is 5.32 Å². The zero-order valence-electron chi connectivity index (χ0n) is 12.3. The fourth-order valence-electron chi connectivity index (χ4n) is 2.65. The minimum atomic E-state index is 0.999. The van der Waals surface area contributed by atoms with E-state index in [4.69, 9.17) is 0 Å². The first kappa shape index (κ1) is 13.5. The largest absolute Gasteiger partial charge is 0.314 e. The molecule has 0 saturated carbocycles. The monoisotopic (exact) mass is 270 g/mol. The van der Waals surface area contributed by atoms with Gasteiger partial charge in [0, 0.05) is 32.7 Å². The van der Waals surface area contributed by atoms with Crippen molar-refractivity contribution in [3.05, 3.63) is 35.2 Å². The lowest BCUT2D eigenvalue weighted by atomic mass is 10.1. The smallest absolute Gasteiger partial charge is 0.0892 e. The highest BCUT2D eigenvalue weighted by Crippen LogP contribution is 2.15. The quantitative estimate of drug-likeness (QED) is 0.921. The Labute approximate surface area is 120 Å². The Bertz CT molecular complexity index is 603. The van der Waals surface area contributed by atoms with Crippen LogP contribution in [0.4, 0.5) is 0 Å². The number of fused-ring (bicyclic) bond motifs is 1. The van der Waals surface area contributed by atoms with Crippen molar-refractivity contribution in [2.75, 3.05) is 32.7 Å². The molecule has 0 amide bonds. The Hall–Kier alpha value is -1.52. The summed E-state index contributed by atoms with van der Waals surface area (Å²) in [6, 6.07) is 6.48. The van der Waals surface area contributed by atoms with E-state index in [1.807, 2.05) is 13.8 Å². The van der Waals surface area contributed by atoms with Gasteiger partial charge in [0.15, 0.2) is 0 Å². The first-order valence-corrected chi connectivity index (χ1v) is 7.39. The molecular weight excluding hydrogens is 248 g/mol. The van der Waals surface area contributed by atoms with Gasteiger partial charge in [-0.2, -0.15) is 0 Å². The predicted octanol–water partition coefficient (Wildman–Crippen LogP) is 1.69. The third-order valence-corrected chi connectivity index (χ3v) is 4.07. The molecular formula is C16H22N4. The maximum atomic E-state index is 4.64. The van der Waals surface area contributed by atoms with Crippen LogP contribution in [0.2, 0.25) is 0 Å². The molecule has 0 spiro atoms. The molecule has 0 unspecified atom stereocenters. The average Bonchev–Trinajstić information content (AvgIpc) is 2.47. The van der Waals surface area contributed by atoms with Crippen molar-refractivity contribution >= 4 is 11.0 Å². The Balaban J connectivity index is 1.73. The molecule has 2 aromatic rings. The SMILES string of the molecule is Cc1nc2ccc(CCN3CCNCC3)cc2nc1C. The molecule has 1 aromatic heterocycles. The topological polar surface area (TPSA) is 41.1 Å². The molecule has 4 heteroatoms. The van der Waals surface area contributed by atoms with E-state index in [0.717, 1.165) is 61.6 Å². The van der Waals surface area contributed by atoms with E-state index in [-0.39, 0.29) is 0 Å². The first-order chi connectivity index (χ1) is 9.72. The Morgan fingerprint density at radius 3 is 2.50 bits per heavy atom. The fourth-order valence-corrected chi connectivity index (χ4v) is 2.65. The molecule has 1 saturated heterocycles. The van der Waals surface area contributed by atoms with Gasteiger partial charge < -0.3 is 10.2 Å². The summed E-state index contributed by atoms with van der Waals surface area (Å²) in [4.78, 5) is 11.8. The molecule has 0 bridgehead atoms. The number of hydrogen-bond acceptors (Lipinski definition) is 4. The number of aryl methyl sites for hydroxylation is 2. The first-order valence-electron chi connectivity index (χ1n) is 7.39. The van der Waals surface area contributed by atoms with Crippen molar-refractivity contribution in [3.63, 3.8) is 0 Å². The number of nitrogens with one attached hydrogen (secondary N) is 1. The lowest BCUT2D eigenvalue weighted by molar-refractivity contribution is 0.244. The van der Waals surface area contributed by atoms with E-state index >= 15 is 0 Å². The van der Waals surface area contributed by atoms with Gasteiger partial charge in [-0.15, -0.1) is 0 Å². The Kier molecular flexibility index (Phi) is 3.94. The normalized spacial score (nSPS) is 16.7. The van der Waals surface area contributed by atoms with Crippen LogP contribution in [0.3, 0.4) is 0 Å². The molecule has 106 valence electrons. The zero-order valence-corrected chi connectivity index (χ0v) is 12.3. The van der Waals surface area contributed by atoms with Crippen molar-refractivity contribution in [1.82, 2.24) is 20.2 Å². The Morgan fingerprint density at radius 2 is 1.75 bits per heavy atom. The summed E-state index contributed by atoms with van der Waals surface area (Å²) in [6.07, 6.45) is 1.09. The number of nitrogens with zero attached hydrogens (tertiary/aromatic N) is 3. The van der Waals surface area contributed by atoms with Crippen molar-refractivity contribution in [3.8, 4) is 0 Å². The highest BCUT2D eigenvalue weighted by atomic mass is 15.2. The van der Waals surface area contributed by atoms with Gasteiger partial charge >= 0.3 is 0 Å². The van der Waals surface area contributed by atoms with Gasteiger partial charge in [0.2, 0.25) is 0 Å². The van der Waals surface area contributed by atoms with E-state index in [0.29, 0.717) is 0 Å². The zero-order chi connectivity index (χ0) is 13.9. The standard InChI is InChI=1S/C16H22N4/c1-12-13(2)19-16-11-14(3-4-15(16)18-12)5-8-20-9-6-17-7-10-20/h3-4,11,17H,5-10H2,1-2H3. The van der Waals surface area contributed by atoms with Crippen LogP contribution in [0.15, 0.2) is 18.2 Å². The van der Waals surface area contributed by atoms with E-state index in [1.165, 1.54) is 5.56 Å². The van der Waals surface area contributed by atoms with Gasteiger partial charge in [-0.1, -0.05) is 6.07 Å². The molecule has 4 nitrogen and oxygen atoms in total. The third-order valence-electron chi connectivity index (χ3n) is 4.07. The van der Waals surface area contributed by atoms with Crippen LogP contribution in [0.5, 0.6) is 0 Å². The minimum Gasteiger partial charge on any atom is -0.314 e. The van der Waals surface area contributed by atoms with E-state index < -0.39 is 0 Å². The maximum Gasteiger partial charge on any atom is 0.0892 e. The van der Waals surface area contributed by atoms with Gasteiger partial charge in [0.25, 0.3) is 0 Å². The molecule has 1 fully saturated rings. The highest BCUT2D eigenvalue weighted by molar-refractivity contribution is 5.75. The molecule has 0 aliphatic carbocycles. The minimum absolute atomic E-state index is 0.999. The number of piperazine rings is 1. The van der Waals surface area contributed by atoms with Gasteiger partial charge in [0.1, 0.15) is 0 Å². The molecule has 1 N–H and O–H groups in total. The second-order valence-corrected chi connectivity index (χ2v) is 5.56. The lowest BCUT2D eigenvalue weighted by Crippen LogP contribution is -2.44. The van der Waals surface area contributed by atoms with Crippen LogP contribution in [0, 0.1) is 13.8 Å². The van der Waals surface area contributed by atoms with E-state index in [2.05, 4.69) is 38.4 Å². The third kappa shape index (κ3) is 2.97. The second-order valence-electron chi connectivity index (χ2n) is 5.56. The summed E-state index contributed by atoms with van der Waals surface area (Å²) in [7, 11) is 0. The van der Waals surface area contributed by atoms with Crippen LogP contribution in [-0.4, -0.2) is 47.6 Å². The van der Waals surface area contributed by atoms with Crippen molar-refractivity contribution in [1.29, 1.82) is 0 Å². The molecule has 1 aromatic carbocycles. The molecule has 0 atom stereocenters. The van der Waals surface area contributed by atoms with Crippen LogP contribution >= 0.6 is 0 Å². The molecule has 3 rings (SSSR count). The summed E-state index contributed by atoms with van der Waals surface area (Å²) in [6.45, 7) is 9.71. The van der Waals surface area contributed by atoms with E-state index in [1.54, 1.807) is 0 Å². The number of benzene rings is 1. The second kappa shape index (κ2) is 5.85. The molecule has 1 aliphatic heterocycles. The summed E-state index contributed by atoms with van der Waals surface area (Å²) < 4.78 is 0. The summed E-state index contributed by atoms with van der Waals surface area (Å²) in [5.74, 6) is 0. The molecule has 1 aliphatic rings. The number of aromatic nitrogens is 2. The number of hydrogen-bond donors (Lipinski definition) is 1. The van der Waals surface area contributed by atoms with Gasteiger partial charge in [-0.3, -0.25) is 0 Å². The summed E-state index contributed by atoms with van der Waals surface area (Å²) >= 11 is 0. The summed E-state index contributed by atoms with van der Waals surface area (Å²) in [5.41, 5.74) is 5.42. The summed E-state index contributed by atoms with van der Waals surface area (Å²) in [5, 5.41) is 3.39. The fraction of sp³-hybridized carbons (Fsp3) is 0.500. The van der Waals surface area contributed by atoms with Crippen molar-refractivity contribution in [2.45, 2.75) is 20.3 Å². The Morgan fingerprint density at radius 1 is 1.05 bits per heavy atom. The predicted molar refractivity (Wildman–Crippen MR) is 82.0 cm³/mol. The van der Waals surface area contributed by atoms with Crippen molar-refractivity contribution < 1.29 is 0 Å². The van der Waals surface area contributed by atoms with Crippen molar-refractivity contribution in [2.24, 2.45) is 0 Å². The lowest BCUT2D eigenvalue weighted by Gasteiger charge is -2.27.